The number of hydrogen-bond donors (Lipinski definition) is 2. The van der Waals surface area contributed by atoms with Crippen LogP contribution in [0, 0.1) is 18.3 Å². The zero-order chi connectivity index (χ0) is 19.3. The van der Waals surface area contributed by atoms with Gasteiger partial charge in [0.05, 0.1) is 11.8 Å². The number of aryl methyl sites for hydroxylation is 1. The summed E-state index contributed by atoms with van der Waals surface area (Å²) in [5, 5.41) is 12.7. The molecule has 0 bridgehead atoms. The van der Waals surface area contributed by atoms with E-state index in [0.717, 1.165) is 22.3 Å². The topological polar surface area (TPSA) is 94.5 Å². The average molecular weight is 349 g/mol. The minimum absolute atomic E-state index is 0.265. The first-order valence-electron chi connectivity index (χ1n) is 8.54. The molecule has 3 aromatic rings. The highest BCUT2D eigenvalue weighted by Gasteiger charge is 2.21. The molecule has 134 valence electrons. The van der Waals surface area contributed by atoms with Crippen LogP contribution in [0.5, 0.6) is 0 Å². The molecule has 3 aromatic heterocycles. The van der Waals surface area contributed by atoms with Gasteiger partial charge in [-0.05, 0) is 45.0 Å². The average Bonchev–Trinajstić information content (AvgIpc) is 3.02. The third-order valence-corrected chi connectivity index (χ3v) is 3.59. The Morgan fingerprint density at radius 1 is 1.27 bits per heavy atom. The number of carbonyl (C=O) groups excluding carboxylic acids is 1. The lowest BCUT2D eigenvalue weighted by Crippen LogP contribution is -2.42. The highest BCUT2D eigenvalue weighted by Crippen LogP contribution is 2.22. The summed E-state index contributed by atoms with van der Waals surface area (Å²) in [7, 11) is 0. The number of amides is 1. The predicted octanol–water partition coefficient (Wildman–Crippen LogP) is 3.99. The van der Waals surface area contributed by atoms with Gasteiger partial charge in [0.15, 0.2) is 0 Å². The van der Waals surface area contributed by atoms with E-state index in [0.29, 0.717) is 5.69 Å². The fourth-order valence-electron chi connectivity index (χ4n) is 2.39. The zero-order valence-electron chi connectivity index (χ0n) is 15.7. The lowest BCUT2D eigenvalue weighted by molar-refractivity contribution is 0.0924. The SMILES string of the molecule is CC.Cc1cc2cc(-c3cccc(C(=O)NC(C)(C)C#N)n3)cnc2[nH]1. The number of nitrogens with one attached hydrogen (secondary N) is 2. The highest BCUT2D eigenvalue weighted by molar-refractivity contribution is 5.93. The van der Waals surface area contributed by atoms with Crippen molar-refractivity contribution in [3.05, 3.63) is 47.9 Å². The van der Waals surface area contributed by atoms with Gasteiger partial charge in [-0.3, -0.25) is 4.79 Å². The molecule has 6 heteroatoms. The monoisotopic (exact) mass is 349 g/mol. The number of hydrogen-bond acceptors (Lipinski definition) is 4. The van der Waals surface area contributed by atoms with E-state index >= 15 is 0 Å². The second kappa shape index (κ2) is 7.79. The van der Waals surface area contributed by atoms with Crippen LogP contribution < -0.4 is 5.32 Å². The summed E-state index contributed by atoms with van der Waals surface area (Å²) in [5.74, 6) is -0.380. The van der Waals surface area contributed by atoms with Crippen LogP contribution in [0.25, 0.3) is 22.3 Å². The van der Waals surface area contributed by atoms with Gasteiger partial charge in [-0.15, -0.1) is 0 Å². The van der Waals surface area contributed by atoms with Crippen LogP contribution in [-0.2, 0) is 0 Å². The molecular weight excluding hydrogens is 326 g/mol. The molecule has 1 amide bonds. The Kier molecular flexibility index (Phi) is 5.73. The second-order valence-electron chi connectivity index (χ2n) is 6.21. The molecule has 26 heavy (non-hydrogen) atoms. The Bertz CT molecular complexity index is 966. The third-order valence-electron chi connectivity index (χ3n) is 3.59. The number of carbonyl (C=O) groups is 1. The molecular formula is C20H23N5O. The summed E-state index contributed by atoms with van der Waals surface area (Å²) >= 11 is 0. The smallest absolute Gasteiger partial charge is 0.271 e. The van der Waals surface area contributed by atoms with E-state index in [4.69, 9.17) is 5.26 Å². The van der Waals surface area contributed by atoms with Gasteiger partial charge in [0, 0.05) is 22.8 Å². The first-order valence-corrected chi connectivity index (χ1v) is 8.54. The van der Waals surface area contributed by atoms with E-state index in [1.165, 1.54) is 0 Å². The number of aromatic nitrogens is 3. The van der Waals surface area contributed by atoms with Crippen LogP contribution in [0.3, 0.4) is 0 Å². The summed E-state index contributed by atoms with van der Waals surface area (Å²) in [6.07, 6.45) is 1.72. The molecule has 6 nitrogen and oxygen atoms in total. The second-order valence-corrected chi connectivity index (χ2v) is 6.21. The Morgan fingerprint density at radius 2 is 2.00 bits per heavy atom. The number of aromatic amines is 1. The van der Waals surface area contributed by atoms with Gasteiger partial charge in [0.2, 0.25) is 0 Å². The maximum Gasteiger partial charge on any atom is 0.271 e. The summed E-state index contributed by atoms with van der Waals surface area (Å²) in [6, 6.07) is 11.2. The highest BCUT2D eigenvalue weighted by atomic mass is 16.2. The molecule has 0 aromatic carbocycles. The molecule has 0 spiro atoms. The number of nitrogens with zero attached hydrogens (tertiary/aromatic N) is 3. The van der Waals surface area contributed by atoms with E-state index in [1.54, 1.807) is 32.2 Å². The van der Waals surface area contributed by atoms with Crippen molar-refractivity contribution in [3.63, 3.8) is 0 Å². The van der Waals surface area contributed by atoms with Gasteiger partial charge in [-0.25, -0.2) is 9.97 Å². The van der Waals surface area contributed by atoms with Crippen molar-refractivity contribution in [1.82, 2.24) is 20.3 Å². The standard InChI is InChI=1S/C18H17N5O.C2H6/c1-11-7-12-8-13(9-20-16(12)21-11)14-5-4-6-15(22-14)17(24)23-18(2,3)10-19;1-2/h4-9H,1-3H3,(H,20,21)(H,23,24);1-2H3. The van der Waals surface area contributed by atoms with Gasteiger partial charge >= 0.3 is 0 Å². The van der Waals surface area contributed by atoms with Gasteiger partial charge in [-0.2, -0.15) is 5.26 Å². The maximum atomic E-state index is 12.3. The maximum absolute atomic E-state index is 12.3. The fraction of sp³-hybridized carbons (Fsp3) is 0.300. The van der Waals surface area contributed by atoms with Crippen LogP contribution in [0.2, 0.25) is 0 Å². The van der Waals surface area contributed by atoms with E-state index in [9.17, 15) is 4.79 Å². The minimum atomic E-state index is -0.947. The fourth-order valence-corrected chi connectivity index (χ4v) is 2.39. The molecule has 0 radical (unpaired) electrons. The van der Waals surface area contributed by atoms with Crippen LogP contribution in [-0.4, -0.2) is 26.4 Å². The van der Waals surface area contributed by atoms with Gasteiger partial charge < -0.3 is 10.3 Å². The Balaban J connectivity index is 0.00000117. The Morgan fingerprint density at radius 3 is 2.69 bits per heavy atom. The zero-order valence-corrected chi connectivity index (χ0v) is 15.7. The van der Waals surface area contributed by atoms with Crippen molar-refractivity contribution in [2.45, 2.75) is 40.2 Å². The Labute approximate surface area is 153 Å². The molecule has 0 unspecified atom stereocenters. The van der Waals surface area contributed by atoms with E-state index in [-0.39, 0.29) is 11.6 Å². The molecule has 0 aliphatic carbocycles. The van der Waals surface area contributed by atoms with Crippen molar-refractivity contribution < 1.29 is 4.79 Å². The van der Waals surface area contributed by atoms with Crippen molar-refractivity contribution in [2.75, 3.05) is 0 Å². The van der Waals surface area contributed by atoms with E-state index < -0.39 is 5.54 Å². The van der Waals surface area contributed by atoms with Crippen LogP contribution in [0.4, 0.5) is 0 Å². The van der Waals surface area contributed by atoms with Gasteiger partial charge in [0.25, 0.3) is 5.91 Å². The Hall–Kier alpha value is -3.20. The summed E-state index contributed by atoms with van der Waals surface area (Å²) in [6.45, 7) is 9.25. The summed E-state index contributed by atoms with van der Waals surface area (Å²) < 4.78 is 0. The summed E-state index contributed by atoms with van der Waals surface area (Å²) in [4.78, 5) is 24.2. The lowest BCUT2D eigenvalue weighted by Gasteiger charge is -2.17. The van der Waals surface area contributed by atoms with Crippen molar-refractivity contribution in [2.24, 2.45) is 0 Å². The predicted molar refractivity (Wildman–Crippen MR) is 103 cm³/mol. The van der Waals surface area contributed by atoms with Crippen LogP contribution >= 0.6 is 0 Å². The van der Waals surface area contributed by atoms with Crippen molar-refractivity contribution >= 4 is 16.9 Å². The number of nitriles is 1. The first-order chi connectivity index (χ1) is 12.4. The molecule has 0 aliphatic heterocycles. The number of H-pyrrole nitrogens is 1. The number of rotatable bonds is 3. The van der Waals surface area contributed by atoms with Gasteiger partial charge in [0.1, 0.15) is 16.9 Å². The molecule has 0 fully saturated rings. The van der Waals surface area contributed by atoms with Crippen molar-refractivity contribution in [3.8, 4) is 17.3 Å². The molecule has 3 heterocycles. The summed E-state index contributed by atoms with van der Waals surface area (Å²) in [5.41, 5.74) is 2.66. The lowest BCUT2D eigenvalue weighted by atomic mass is 10.1. The largest absolute Gasteiger partial charge is 0.344 e. The van der Waals surface area contributed by atoms with E-state index in [1.807, 2.05) is 45.0 Å². The molecule has 0 saturated heterocycles. The quantitative estimate of drug-likeness (QED) is 0.747. The van der Waals surface area contributed by atoms with Crippen molar-refractivity contribution in [1.29, 1.82) is 5.26 Å². The van der Waals surface area contributed by atoms with Crippen LogP contribution in [0.15, 0.2) is 36.5 Å². The van der Waals surface area contributed by atoms with Crippen LogP contribution in [0.1, 0.15) is 43.9 Å². The normalized spacial score (nSPS) is 10.6. The minimum Gasteiger partial charge on any atom is -0.344 e. The number of fused-ring (bicyclic) bond motifs is 1. The molecule has 0 aliphatic rings. The molecule has 0 saturated carbocycles. The molecule has 0 atom stereocenters. The molecule has 2 N–H and O–H groups in total. The first kappa shape index (κ1) is 19.1. The van der Waals surface area contributed by atoms with Gasteiger partial charge in [-0.1, -0.05) is 19.9 Å². The molecule has 3 rings (SSSR count). The third kappa shape index (κ3) is 4.25. The van der Waals surface area contributed by atoms with E-state index in [2.05, 4.69) is 20.3 Å². The number of pyridine rings is 2.